The lowest BCUT2D eigenvalue weighted by molar-refractivity contribution is 0.379. The zero-order valence-electron chi connectivity index (χ0n) is 13.4. The predicted molar refractivity (Wildman–Crippen MR) is 84.7 cm³/mol. The minimum Gasteiger partial charge on any atom is -0.497 e. The molecule has 0 aromatic heterocycles. The largest absolute Gasteiger partial charge is 0.497 e. The van der Waals surface area contributed by atoms with Gasteiger partial charge in [0, 0.05) is 17.7 Å². The molecule has 0 saturated carbocycles. The molecule has 1 rings (SSSR count). The maximum absolute atomic E-state index is 5.54. The molecule has 0 saturated heterocycles. The zero-order valence-corrected chi connectivity index (χ0v) is 13.4. The van der Waals surface area contributed by atoms with Crippen LogP contribution < -0.4 is 14.8 Å². The number of unbranched alkanes of at least 4 members (excludes halogenated alkanes) is 2. The Morgan fingerprint density at radius 2 is 1.85 bits per heavy atom. The van der Waals surface area contributed by atoms with Gasteiger partial charge >= 0.3 is 0 Å². The molecule has 3 heteroatoms. The second-order valence-corrected chi connectivity index (χ2v) is 5.11. The number of nitrogens with one attached hydrogen (secondary N) is 1. The first-order valence-electron chi connectivity index (χ1n) is 7.72. The van der Waals surface area contributed by atoms with Crippen molar-refractivity contribution in [3.63, 3.8) is 0 Å². The van der Waals surface area contributed by atoms with Gasteiger partial charge in [-0.1, -0.05) is 39.2 Å². The zero-order chi connectivity index (χ0) is 14.8. The van der Waals surface area contributed by atoms with E-state index in [9.17, 15) is 0 Å². The van der Waals surface area contributed by atoms with E-state index in [-0.39, 0.29) is 0 Å². The standard InChI is InChI=1S/C17H29NO2/c1-5-7-8-9-16(18-12-6-2)15-11-10-14(19-3)13-17(15)20-4/h10-11,13,16,18H,5-9,12H2,1-4H3. The van der Waals surface area contributed by atoms with E-state index in [1.165, 1.54) is 24.8 Å². The highest BCUT2D eigenvalue weighted by molar-refractivity contribution is 5.42. The summed E-state index contributed by atoms with van der Waals surface area (Å²) in [6, 6.07) is 6.47. The van der Waals surface area contributed by atoms with Crippen LogP contribution in [0.3, 0.4) is 0 Å². The SMILES string of the molecule is CCCCCC(NCCC)c1ccc(OC)cc1OC. The van der Waals surface area contributed by atoms with Crippen molar-refractivity contribution in [2.45, 2.75) is 52.0 Å². The second kappa shape index (κ2) is 9.65. The van der Waals surface area contributed by atoms with Crippen LogP contribution in [0.15, 0.2) is 18.2 Å². The van der Waals surface area contributed by atoms with E-state index >= 15 is 0 Å². The Morgan fingerprint density at radius 1 is 1.05 bits per heavy atom. The maximum Gasteiger partial charge on any atom is 0.127 e. The number of hydrogen-bond donors (Lipinski definition) is 1. The molecule has 1 aromatic rings. The van der Waals surface area contributed by atoms with Crippen LogP contribution >= 0.6 is 0 Å². The first-order chi connectivity index (χ1) is 9.76. The topological polar surface area (TPSA) is 30.5 Å². The second-order valence-electron chi connectivity index (χ2n) is 5.11. The van der Waals surface area contributed by atoms with Gasteiger partial charge in [-0.2, -0.15) is 0 Å². The van der Waals surface area contributed by atoms with Crippen molar-refractivity contribution in [3.05, 3.63) is 23.8 Å². The molecule has 0 bridgehead atoms. The number of ether oxygens (including phenoxy) is 2. The van der Waals surface area contributed by atoms with Crippen molar-refractivity contribution in [3.8, 4) is 11.5 Å². The minimum atomic E-state index is 0.363. The molecule has 0 aliphatic carbocycles. The first-order valence-corrected chi connectivity index (χ1v) is 7.72. The van der Waals surface area contributed by atoms with Crippen LogP contribution in [0.1, 0.15) is 57.6 Å². The molecule has 0 spiro atoms. The van der Waals surface area contributed by atoms with Crippen LogP contribution in [0.25, 0.3) is 0 Å². The Labute approximate surface area is 123 Å². The first kappa shape index (κ1) is 16.8. The number of rotatable bonds is 10. The summed E-state index contributed by atoms with van der Waals surface area (Å²) in [6.07, 6.45) is 6.06. The van der Waals surface area contributed by atoms with Crippen molar-refractivity contribution in [2.75, 3.05) is 20.8 Å². The Kier molecular flexibility index (Phi) is 8.12. The normalized spacial score (nSPS) is 12.2. The highest BCUT2D eigenvalue weighted by Gasteiger charge is 2.15. The molecule has 1 atom stereocenters. The molecule has 1 aromatic carbocycles. The predicted octanol–water partition coefficient (Wildman–Crippen LogP) is 4.32. The summed E-state index contributed by atoms with van der Waals surface area (Å²) in [4.78, 5) is 0. The van der Waals surface area contributed by atoms with E-state index in [0.717, 1.165) is 30.9 Å². The van der Waals surface area contributed by atoms with E-state index in [4.69, 9.17) is 9.47 Å². The van der Waals surface area contributed by atoms with Gasteiger partial charge in [0.05, 0.1) is 14.2 Å². The van der Waals surface area contributed by atoms with E-state index < -0.39 is 0 Å². The molecule has 0 heterocycles. The minimum absolute atomic E-state index is 0.363. The molecule has 0 aliphatic heterocycles. The molecule has 1 N–H and O–H groups in total. The van der Waals surface area contributed by atoms with Gasteiger partial charge in [-0.05, 0) is 25.5 Å². The molecule has 0 radical (unpaired) electrons. The molecular formula is C17H29NO2. The molecule has 0 amide bonds. The monoisotopic (exact) mass is 279 g/mol. The van der Waals surface area contributed by atoms with Gasteiger partial charge in [-0.3, -0.25) is 0 Å². The number of hydrogen-bond acceptors (Lipinski definition) is 3. The Balaban J connectivity index is 2.86. The molecule has 114 valence electrons. The third kappa shape index (κ3) is 5.04. The van der Waals surface area contributed by atoms with Gasteiger partial charge in [0.15, 0.2) is 0 Å². The molecule has 3 nitrogen and oxygen atoms in total. The fourth-order valence-corrected chi connectivity index (χ4v) is 2.39. The van der Waals surface area contributed by atoms with E-state index in [0.29, 0.717) is 6.04 Å². The average molecular weight is 279 g/mol. The molecular weight excluding hydrogens is 250 g/mol. The lowest BCUT2D eigenvalue weighted by Gasteiger charge is -2.21. The summed E-state index contributed by atoms with van der Waals surface area (Å²) in [5.74, 6) is 1.75. The number of methoxy groups -OCH3 is 2. The van der Waals surface area contributed by atoms with Gasteiger partial charge in [0.25, 0.3) is 0 Å². The van der Waals surface area contributed by atoms with Crippen molar-refractivity contribution in [2.24, 2.45) is 0 Å². The van der Waals surface area contributed by atoms with Crippen molar-refractivity contribution in [1.82, 2.24) is 5.32 Å². The maximum atomic E-state index is 5.54. The molecule has 0 aliphatic rings. The summed E-state index contributed by atoms with van der Waals surface area (Å²) >= 11 is 0. The lowest BCUT2D eigenvalue weighted by atomic mass is 9.99. The van der Waals surface area contributed by atoms with Crippen molar-refractivity contribution in [1.29, 1.82) is 0 Å². The quantitative estimate of drug-likeness (QED) is 0.647. The lowest BCUT2D eigenvalue weighted by Crippen LogP contribution is -2.22. The number of benzene rings is 1. The van der Waals surface area contributed by atoms with Crippen LogP contribution in [0.4, 0.5) is 0 Å². The average Bonchev–Trinajstić information content (AvgIpc) is 2.50. The molecule has 20 heavy (non-hydrogen) atoms. The highest BCUT2D eigenvalue weighted by Crippen LogP contribution is 2.32. The molecule has 1 unspecified atom stereocenters. The Hall–Kier alpha value is -1.22. The summed E-state index contributed by atoms with van der Waals surface area (Å²) in [6.45, 7) is 5.47. The van der Waals surface area contributed by atoms with E-state index in [1.54, 1.807) is 14.2 Å². The summed E-state index contributed by atoms with van der Waals surface area (Å²) in [5.41, 5.74) is 1.23. The van der Waals surface area contributed by atoms with Crippen LogP contribution in [0.2, 0.25) is 0 Å². The van der Waals surface area contributed by atoms with Gasteiger partial charge in [-0.15, -0.1) is 0 Å². The van der Waals surface area contributed by atoms with Gasteiger partial charge in [0.2, 0.25) is 0 Å². The van der Waals surface area contributed by atoms with Crippen LogP contribution in [-0.2, 0) is 0 Å². The highest BCUT2D eigenvalue weighted by atomic mass is 16.5. The Bertz CT molecular complexity index is 379. The van der Waals surface area contributed by atoms with E-state index in [1.807, 2.05) is 12.1 Å². The van der Waals surface area contributed by atoms with Gasteiger partial charge in [0.1, 0.15) is 11.5 Å². The third-order valence-corrected chi connectivity index (χ3v) is 3.55. The fraction of sp³-hybridized carbons (Fsp3) is 0.647. The van der Waals surface area contributed by atoms with Gasteiger partial charge in [-0.25, -0.2) is 0 Å². The summed E-state index contributed by atoms with van der Waals surface area (Å²) in [5, 5.41) is 3.64. The van der Waals surface area contributed by atoms with E-state index in [2.05, 4.69) is 25.2 Å². The van der Waals surface area contributed by atoms with Crippen LogP contribution in [-0.4, -0.2) is 20.8 Å². The van der Waals surface area contributed by atoms with Crippen molar-refractivity contribution < 1.29 is 9.47 Å². The van der Waals surface area contributed by atoms with Crippen molar-refractivity contribution >= 4 is 0 Å². The smallest absolute Gasteiger partial charge is 0.127 e. The third-order valence-electron chi connectivity index (χ3n) is 3.55. The summed E-state index contributed by atoms with van der Waals surface area (Å²) in [7, 11) is 3.41. The molecule has 0 fully saturated rings. The van der Waals surface area contributed by atoms with Gasteiger partial charge < -0.3 is 14.8 Å². The van der Waals surface area contributed by atoms with Crippen LogP contribution in [0.5, 0.6) is 11.5 Å². The fourth-order valence-electron chi connectivity index (χ4n) is 2.39. The summed E-state index contributed by atoms with van der Waals surface area (Å²) < 4.78 is 10.8. The Morgan fingerprint density at radius 3 is 2.45 bits per heavy atom. The van der Waals surface area contributed by atoms with Crippen LogP contribution in [0, 0.1) is 0 Å².